The fourth-order valence-electron chi connectivity index (χ4n) is 1.22. The third-order valence-electron chi connectivity index (χ3n) is 1.74. The minimum atomic E-state index is -2.48. The molecule has 0 aromatic heterocycles. The van der Waals surface area contributed by atoms with Crippen LogP contribution in [0, 0.1) is 0 Å². The lowest BCUT2D eigenvalue weighted by Gasteiger charge is -2.38. The van der Waals surface area contributed by atoms with Crippen LogP contribution in [-0.2, 0) is 0 Å². The molecule has 0 radical (unpaired) electrons. The summed E-state index contributed by atoms with van der Waals surface area (Å²) in [5.74, 6) is 0. The molecule has 3 atom stereocenters. The van der Waals surface area contributed by atoms with Gasteiger partial charge in [-0.15, -0.1) is 0 Å². The lowest BCUT2D eigenvalue weighted by Crippen LogP contribution is -2.52. The molecule has 2 heteroatoms. The van der Waals surface area contributed by atoms with Crippen molar-refractivity contribution < 1.29 is 9.60 Å². The first kappa shape index (κ1) is 3.00. The predicted octanol–water partition coefficient (Wildman–Crippen LogP) is 0.831. The van der Waals surface area contributed by atoms with Crippen molar-refractivity contribution >= 4 is 0 Å². The Labute approximate surface area is 78.8 Å². The molecule has 2 nitrogen and oxygen atoms in total. The summed E-state index contributed by atoms with van der Waals surface area (Å²) in [5.41, 5.74) is -0.858. The Morgan fingerprint density at radius 2 is 2.36 bits per heavy atom. The van der Waals surface area contributed by atoms with Crippen LogP contribution >= 0.6 is 0 Å². The van der Waals surface area contributed by atoms with Crippen LogP contribution in [0.1, 0.15) is 36.7 Å². The Balaban J connectivity index is 2.72. The van der Waals surface area contributed by atoms with Crippen molar-refractivity contribution in [2.45, 2.75) is 44.7 Å². The van der Waals surface area contributed by atoms with Crippen LogP contribution in [0.25, 0.3) is 0 Å². The Morgan fingerprint density at radius 3 is 2.82 bits per heavy atom. The van der Waals surface area contributed by atoms with E-state index in [1.165, 1.54) is 0 Å². The van der Waals surface area contributed by atoms with Gasteiger partial charge in [0.05, 0.1) is 0 Å². The quantitative estimate of drug-likeness (QED) is 0.566. The van der Waals surface area contributed by atoms with E-state index in [-0.39, 0.29) is 0 Å². The number of nitrogens with one attached hydrogen (secondary N) is 1. The van der Waals surface area contributed by atoms with Crippen LogP contribution in [-0.4, -0.2) is 35.5 Å². The highest BCUT2D eigenvalue weighted by Gasteiger charge is 2.41. The summed E-state index contributed by atoms with van der Waals surface area (Å²) in [7, 11) is 0. The van der Waals surface area contributed by atoms with Gasteiger partial charge >= 0.3 is 0 Å². The molecule has 0 aliphatic carbocycles. The molecule has 3 unspecified atom stereocenters. The molecule has 0 aromatic rings. The first-order chi connectivity index (χ1) is 7.74. The highest BCUT2D eigenvalue weighted by atomic mass is 15.3. The maximum Gasteiger partial charge on any atom is 0.0481 e. The third kappa shape index (κ3) is 1.18. The van der Waals surface area contributed by atoms with Crippen LogP contribution in [0.2, 0.25) is 0 Å². The molecule has 1 N–H and O–H groups in total. The second kappa shape index (κ2) is 2.20. The van der Waals surface area contributed by atoms with Crippen LogP contribution in [0.15, 0.2) is 0 Å². The van der Waals surface area contributed by atoms with Gasteiger partial charge < -0.3 is 5.32 Å². The average molecular weight is 161 g/mol. The molecule has 2 fully saturated rings. The lowest BCUT2D eigenvalue weighted by molar-refractivity contribution is 0.106. The summed E-state index contributed by atoms with van der Waals surface area (Å²) in [4.78, 5) is 1.02. The summed E-state index contributed by atoms with van der Waals surface area (Å²) in [6, 6.07) is -4.45. The topological polar surface area (TPSA) is 15.3 Å². The van der Waals surface area contributed by atoms with E-state index in [4.69, 9.17) is 9.60 Å². The molecular formula is C9H18N2. The van der Waals surface area contributed by atoms with Gasteiger partial charge in [-0.2, -0.15) is 0 Å². The van der Waals surface area contributed by atoms with E-state index in [0.717, 1.165) is 4.90 Å². The van der Waals surface area contributed by atoms with Crippen LogP contribution in [0.5, 0.6) is 0 Å². The molecule has 2 bridgehead atoms. The number of piperazine rings is 1. The second-order valence-corrected chi connectivity index (χ2v) is 3.79. The number of rotatable bonds is 0. The van der Waals surface area contributed by atoms with Crippen molar-refractivity contribution in [1.29, 1.82) is 0 Å². The van der Waals surface area contributed by atoms with Gasteiger partial charge in [0.25, 0.3) is 0 Å². The minimum absolute atomic E-state index is 0.858. The summed E-state index contributed by atoms with van der Waals surface area (Å²) in [6.07, 6.45) is -2.48. The number of likely N-dealkylation sites (tertiary alicyclic amines) is 1. The van der Waals surface area contributed by atoms with Crippen LogP contribution in [0.4, 0.5) is 0 Å². The Bertz CT molecular complexity index is 393. The van der Waals surface area contributed by atoms with Gasteiger partial charge in [-0.05, 0) is 27.1 Å². The molecule has 2 heterocycles. The zero-order valence-corrected chi connectivity index (χ0v) is 7.02. The molecule has 11 heavy (non-hydrogen) atoms. The van der Waals surface area contributed by atoms with Crippen molar-refractivity contribution in [3.8, 4) is 0 Å². The van der Waals surface area contributed by atoms with Crippen molar-refractivity contribution in [3.05, 3.63) is 0 Å². The van der Waals surface area contributed by atoms with Gasteiger partial charge in [0.2, 0.25) is 0 Å². The summed E-state index contributed by atoms with van der Waals surface area (Å²) >= 11 is 0. The van der Waals surface area contributed by atoms with Crippen molar-refractivity contribution in [1.82, 2.24) is 10.2 Å². The van der Waals surface area contributed by atoms with Crippen molar-refractivity contribution in [2.75, 3.05) is 13.0 Å². The molecule has 0 amide bonds. The predicted molar refractivity (Wildman–Crippen MR) is 46.7 cm³/mol. The number of hydrogen-bond acceptors (Lipinski definition) is 2. The fraction of sp³-hybridized carbons (Fsp3) is 1.00. The van der Waals surface area contributed by atoms with Gasteiger partial charge in [0, 0.05) is 40.2 Å². The molecule has 2 rings (SSSR count). The Kier molecular flexibility index (Phi) is 0.602. The van der Waals surface area contributed by atoms with E-state index in [0.29, 0.717) is 0 Å². The first-order valence-electron chi connectivity index (χ1n) is 7.33. The summed E-state index contributed by atoms with van der Waals surface area (Å²) < 4.78 is 56.3. The standard InChI is InChI=1S/C9H18N2/c1-9(2,3)11-6-7-4-8(11)5-10-7/h7-8,10H,4-6H2,1-3H3/i4D2,5D,6D2,7D,8D. The van der Waals surface area contributed by atoms with Gasteiger partial charge in [-0.1, -0.05) is 0 Å². The van der Waals surface area contributed by atoms with E-state index in [1.54, 1.807) is 20.8 Å². The zero-order chi connectivity index (χ0) is 14.4. The van der Waals surface area contributed by atoms with E-state index in [9.17, 15) is 0 Å². The molecule has 64 valence electrons. The minimum Gasteiger partial charge on any atom is -0.311 e. The van der Waals surface area contributed by atoms with Crippen molar-refractivity contribution in [3.63, 3.8) is 0 Å². The molecule has 0 spiro atoms. The molecule has 0 saturated carbocycles. The summed E-state index contributed by atoms with van der Waals surface area (Å²) in [6.45, 7) is 1.25. The van der Waals surface area contributed by atoms with Crippen LogP contribution in [0.3, 0.4) is 0 Å². The highest BCUT2D eigenvalue weighted by Crippen LogP contribution is 2.29. The highest BCUT2D eigenvalue weighted by molar-refractivity contribution is 5.01. The number of nitrogens with zero attached hydrogens (tertiary/aromatic N) is 1. The summed E-state index contributed by atoms with van der Waals surface area (Å²) in [5, 5.41) is 2.31. The van der Waals surface area contributed by atoms with E-state index in [1.807, 2.05) is 0 Å². The van der Waals surface area contributed by atoms with Gasteiger partial charge in [-0.25, -0.2) is 0 Å². The fourth-order valence-corrected chi connectivity index (χ4v) is 1.22. The molecule has 2 aliphatic rings. The van der Waals surface area contributed by atoms with Crippen molar-refractivity contribution in [2.24, 2.45) is 0 Å². The number of fused-ring (bicyclic) bond motifs is 2. The normalized spacial score (nSPS) is 77.0. The van der Waals surface area contributed by atoms with E-state index < -0.39 is 37.0 Å². The maximum atomic E-state index is 8.31. The maximum absolute atomic E-state index is 8.31. The SMILES string of the molecule is [2H]C1NC2([2H])C([2H])([2H])N(C(C)(C)C)C1([2H])C2([2H])[2H]. The lowest BCUT2D eigenvalue weighted by atomic mass is 10.0. The Morgan fingerprint density at radius 1 is 1.64 bits per heavy atom. The zero-order valence-electron chi connectivity index (χ0n) is 14.0. The number of hydrogen-bond donors (Lipinski definition) is 1. The molecule has 2 saturated heterocycles. The van der Waals surface area contributed by atoms with E-state index in [2.05, 4.69) is 5.32 Å². The Hall–Kier alpha value is -0.0800. The van der Waals surface area contributed by atoms with Gasteiger partial charge in [-0.3, -0.25) is 4.90 Å². The largest absolute Gasteiger partial charge is 0.311 e. The second-order valence-electron chi connectivity index (χ2n) is 3.79. The average Bonchev–Trinajstić information content (AvgIpc) is 2.28. The van der Waals surface area contributed by atoms with Gasteiger partial charge in [0.1, 0.15) is 0 Å². The molecule has 2 aliphatic heterocycles. The van der Waals surface area contributed by atoms with Crippen LogP contribution < -0.4 is 5.32 Å². The first-order valence-corrected chi connectivity index (χ1v) is 3.75. The van der Waals surface area contributed by atoms with E-state index >= 15 is 0 Å². The molecular weight excluding hydrogens is 136 g/mol. The monoisotopic (exact) mass is 161 g/mol. The van der Waals surface area contributed by atoms with Gasteiger partial charge in [0.15, 0.2) is 0 Å². The third-order valence-corrected chi connectivity index (χ3v) is 1.74. The smallest absolute Gasteiger partial charge is 0.0481 e. The molecule has 0 aromatic carbocycles.